The Bertz CT molecular complexity index is 4770. The number of thiazole rings is 1. The van der Waals surface area contributed by atoms with E-state index in [4.69, 9.17) is 25.3 Å². The van der Waals surface area contributed by atoms with E-state index in [-0.39, 0.29) is 97.4 Å². The van der Waals surface area contributed by atoms with Gasteiger partial charge in [-0.25, -0.2) is 24.4 Å². The van der Waals surface area contributed by atoms with Gasteiger partial charge in [0.05, 0.1) is 34.4 Å². The molecule has 10 amide bonds. The fraction of sp³-hybridized carbons (Fsp3) is 0.474. The molecule has 5 heterocycles. The predicted molar refractivity (Wildman–Crippen MR) is 401 cm³/mol. The number of amides is 10. The summed E-state index contributed by atoms with van der Waals surface area (Å²) in [7, 11) is -4.55. The third kappa shape index (κ3) is 17.0. The molecule has 3 aromatic heterocycles. The Kier molecular flexibility index (Phi) is 22.7. The van der Waals surface area contributed by atoms with Crippen molar-refractivity contribution in [3.63, 3.8) is 0 Å². The topological polar surface area (TPSA) is 453 Å². The molecule has 6 aliphatic rings. The quantitative estimate of drug-likeness (QED) is 0.0114. The molecule has 2 aliphatic heterocycles. The highest BCUT2D eigenvalue weighted by Crippen LogP contribution is 2.89. The van der Waals surface area contributed by atoms with Crippen LogP contribution in [-0.4, -0.2) is 187 Å². The number of primary amides is 1. The molecule has 4 aliphatic carbocycles. The molecule has 6 aromatic rings. The second-order valence-electron chi connectivity index (χ2n) is 30.8. The van der Waals surface area contributed by atoms with Gasteiger partial charge in [0.15, 0.2) is 10.8 Å². The Labute approximate surface area is 637 Å². The molecule has 110 heavy (non-hydrogen) atoms. The van der Waals surface area contributed by atoms with Crippen molar-refractivity contribution < 1.29 is 85.4 Å². The summed E-state index contributed by atoms with van der Waals surface area (Å²) in [6.07, 6.45) is 7.81. The minimum atomic E-state index is -4.55. The molecule has 8 atom stereocenters. The van der Waals surface area contributed by atoms with Crippen LogP contribution in [0.5, 0.6) is 0 Å². The van der Waals surface area contributed by atoms with Crippen molar-refractivity contribution in [3.05, 3.63) is 131 Å². The number of fused-ring (bicyclic) bond motifs is 4. The summed E-state index contributed by atoms with van der Waals surface area (Å²) in [6.45, 7) is 9.68. The Morgan fingerprint density at radius 2 is 1.50 bits per heavy atom. The Hall–Kier alpha value is -10.7. The maximum absolute atomic E-state index is 14.1. The molecule has 3 bridgehead atoms. The minimum absolute atomic E-state index is 0.00454. The normalized spacial score (nSPS) is 22.2. The number of aliphatic carboxylic acids is 1. The number of nitrogens with zero attached hydrogens (tertiary/aromatic N) is 7. The van der Waals surface area contributed by atoms with Crippen LogP contribution in [0.4, 0.5) is 26.2 Å². The number of benzene rings is 3. The van der Waals surface area contributed by atoms with E-state index >= 15 is 0 Å². The summed E-state index contributed by atoms with van der Waals surface area (Å²) in [5.41, 5.74) is 9.70. The number of ether oxygens (including phenoxy) is 2. The molecule has 584 valence electrons. The van der Waals surface area contributed by atoms with Crippen LogP contribution in [-0.2, 0) is 79.3 Å². The second-order valence-corrected chi connectivity index (χ2v) is 33.4. The molecule has 3 aromatic carbocycles. The maximum atomic E-state index is 14.1. The number of carbonyl (C=O) groups excluding carboxylic acids is 9. The molecular formula is C76H90N14O18S2. The van der Waals surface area contributed by atoms with Gasteiger partial charge in [-0.05, 0) is 164 Å². The number of carbonyl (C=O) groups is 11. The molecule has 4 fully saturated rings. The minimum Gasteiger partial charge on any atom is -0.481 e. The number of nitrogens with one attached hydrogen (secondary N) is 6. The van der Waals surface area contributed by atoms with Gasteiger partial charge in [-0.3, -0.25) is 57.8 Å². The highest BCUT2D eigenvalue weighted by atomic mass is 32.2. The molecular weight excluding hydrogens is 1460 g/mol. The molecule has 34 heteroatoms. The number of imide groups is 1. The Morgan fingerprint density at radius 3 is 2.21 bits per heavy atom. The molecule has 1 spiro atoms. The van der Waals surface area contributed by atoms with E-state index in [9.17, 15) is 75.9 Å². The number of carboxylic acid groups (broad SMARTS) is 2. The Balaban J connectivity index is 0.672. The van der Waals surface area contributed by atoms with E-state index in [1.54, 1.807) is 44.3 Å². The van der Waals surface area contributed by atoms with Crippen molar-refractivity contribution in [2.75, 3.05) is 60.6 Å². The van der Waals surface area contributed by atoms with E-state index in [0.717, 1.165) is 71.3 Å². The van der Waals surface area contributed by atoms with Crippen molar-refractivity contribution in [3.8, 4) is 11.1 Å². The zero-order chi connectivity index (χ0) is 78.8. The average molecular weight is 1550 g/mol. The zero-order valence-electron chi connectivity index (χ0n) is 61.6. The van der Waals surface area contributed by atoms with Crippen LogP contribution < -0.4 is 42.5 Å². The summed E-state index contributed by atoms with van der Waals surface area (Å²) >= 11 is 1.39. The maximum Gasteiger partial charge on any atom is 0.410 e. The summed E-state index contributed by atoms with van der Waals surface area (Å²) in [5, 5.41) is 41.3. The van der Waals surface area contributed by atoms with Crippen LogP contribution in [0.15, 0.2) is 97.2 Å². The predicted octanol–water partition coefficient (Wildman–Crippen LogP) is 6.72. The van der Waals surface area contributed by atoms with Crippen molar-refractivity contribution in [2.24, 2.45) is 33.3 Å². The molecule has 0 radical (unpaired) electrons. The molecule has 0 saturated heterocycles. The lowest BCUT2D eigenvalue weighted by Gasteiger charge is -2.64. The van der Waals surface area contributed by atoms with Crippen LogP contribution in [0.25, 0.3) is 21.3 Å². The number of pyridine rings is 1. The second kappa shape index (κ2) is 31.7. The summed E-state index contributed by atoms with van der Waals surface area (Å²) in [4.78, 5) is 156. The fourth-order valence-electron chi connectivity index (χ4n) is 18.2. The van der Waals surface area contributed by atoms with Crippen molar-refractivity contribution in [2.45, 2.75) is 155 Å². The van der Waals surface area contributed by atoms with Gasteiger partial charge in [0.1, 0.15) is 37.1 Å². The van der Waals surface area contributed by atoms with Gasteiger partial charge >= 0.3 is 24.1 Å². The van der Waals surface area contributed by atoms with Crippen LogP contribution in [0.3, 0.4) is 0 Å². The van der Waals surface area contributed by atoms with Crippen LogP contribution in [0.2, 0.25) is 0 Å². The zero-order valence-corrected chi connectivity index (χ0v) is 63.2. The van der Waals surface area contributed by atoms with E-state index in [1.165, 1.54) is 28.4 Å². The fourth-order valence-corrected chi connectivity index (χ4v) is 19.5. The highest BCUT2D eigenvalue weighted by molar-refractivity contribution is 7.85. The molecule has 32 nitrogen and oxygen atoms in total. The first-order chi connectivity index (χ1) is 52.2. The van der Waals surface area contributed by atoms with Gasteiger partial charge in [0, 0.05) is 85.9 Å². The van der Waals surface area contributed by atoms with Crippen LogP contribution in [0, 0.1) is 34.5 Å². The number of aromatic carboxylic acids is 1. The van der Waals surface area contributed by atoms with Gasteiger partial charge in [-0.2, -0.15) is 13.5 Å². The first kappa shape index (κ1) is 78.9. The number of rotatable bonds is 34. The standard InChI is InChI=1S/C76H90N14O18S2/c1-44(2)62(85-66(98)54(14-9-17-61(94)95)81-58(91)35-89-59(92)24-25-60(89)93)67(99)82-55(15-10-27-78-69(77)102)65(97)80-48-20-18-46(19-21-48)36-107-71(103)87(30-32-110(104,105)106)29-31-108-75-39-73(5)37-72(4)38-74(40-75,41-76(72,73)42-75)43-90-45(3)51(33-79-90)49-22-23-57(84-63(49)68(100)101)88-28-26-47-11-8-12-50(52(47)34-88)64(96)86-70-83-53-13-6-7-16-56(53)109-70/h6-8,11-13,16,18-25,33,44,54-55,62H,9-10,14-15,17,26-32,34-43H2,1-5H3,(H,80,97)(H,81,91)(H,82,99)(H,85,98)(H,94,95)(H,100,101)(H3,77,78,102)(H,83,86,96)(H,104,105,106)/t54-,55-,62-,72?,73?,74?,75?,76?/m0/s1. The lowest BCUT2D eigenvalue weighted by molar-refractivity contribution is -0.158. The number of aromatic nitrogens is 4. The molecule has 11 N–H and O–H groups in total. The largest absolute Gasteiger partial charge is 0.481 e. The Morgan fingerprint density at radius 1 is 0.773 bits per heavy atom. The summed E-state index contributed by atoms with van der Waals surface area (Å²) < 4.78 is 49.9. The van der Waals surface area contributed by atoms with Gasteiger partial charge in [0.2, 0.25) is 23.6 Å². The number of anilines is 3. The molecule has 5 unspecified atom stereocenters. The third-order valence-electron chi connectivity index (χ3n) is 22.7. The first-order valence-corrected chi connectivity index (χ1v) is 39.0. The molecule has 4 saturated carbocycles. The number of nitrogens with two attached hydrogens (primary N) is 1. The number of para-hydroxylation sites is 1. The summed E-state index contributed by atoms with van der Waals surface area (Å²) in [5.74, 6) is -8.48. The number of urea groups is 1. The van der Waals surface area contributed by atoms with E-state index in [1.807, 2.05) is 59.0 Å². The van der Waals surface area contributed by atoms with E-state index in [0.29, 0.717) is 70.6 Å². The van der Waals surface area contributed by atoms with Crippen molar-refractivity contribution >= 4 is 114 Å². The lowest BCUT2D eigenvalue weighted by Crippen LogP contribution is -2.58. The van der Waals surface area contributed by atoms with Crippen molar-refractivity contribution in [1.82, 2.24) is 50.8 Å². The van der Waals surface area contributed by atoms with Gasteiger partial charge < -0.3 is 61.8 Å². The van der Waals surface area contributed by atoms with E-state index < -0.39 is 118 Å². The van der Waals surface area contributed by atoms with Gasteiger partial charge in [-0.15, -0.1) is 0 Å². The third-order valence-corrected chi connectivity index (χ3v) is 24.4. The highest BCUT2D eigenvalue weighted by Gasteiger charge is 2.84. The molecule has 12 rings (SSSR count). The van der Waals surface area contributed by atoms with Gasteiger partial charge in [0.25, 0.3) is 27.8 Å². The van der Waals surface area contributed by atoms with E-state index in [2.05, 4.69) is 50.7 Å². The van der Waals surface area contributed by atoms with Gasteiger partial charge in [-0.1, -0.05) is 75.4 Å². The SMILES string of the molecule is Cc1c(-c2ccc(N3CCc4cccc(C(=O)Nc5nc6ccccc6s5)c4C3)nc2C(=O)O)cnn1CC12CC3(OCCN(CCS(=O)(=O)O)C(=O)OCc4ccc(NC(=O)[C@H](CCCNC(N)=O)NC(=O)[C@@H](NC(=O)[C@H](CCCC(=O)O)NC(=O)CN5C(=O)C=CC5=O)C(C)C)cc4)CC4(C)CC(C)(C1)C4(C2)C3. The average Bonchev–Trinajstić information content (AvgIpc) is 1.46. The summed E-state index contributed by atoms with van der Waals surface area (Å²) in [6, 6.07) is 18.1. The number of carboxylic acids is 2. The lowest BCUT2D eigenvalue weighted by atomic mass is 9.40. The number of hydrogen-bond acceptors (Lipinski definition) is 20. The smallest absolute Gasteiger partial charge is 0.410 e. The van der Waals surface area contributed by atoms with Crippen LogP contribution >= 0.6 is 11.3 Å². The van der Waals surface area contributed by atoms with Crippen LogP contribution in [0.1, 0.15) is 142 Å². The van der Waals surface area contributed by atoms with Crippen molar-refractivity contribution in [1.29, 1.82) is 0 Å². The first-order valence-electron chi connectivity index (χ1n) is 36.6. The monoisotopic (exact) mass is 1550 g/mol. The number of hydrogen-bond donors (Lipinski definition) is 10.